The molecule has 126 valence electrons. The first kappa shape index (κ1) is 15.5. The lowest BCUT2D eigenvalue weighted by molar-refractivity contribution is -0.140. The number of aryl methyl sites for hydroxylation is 2. The first-order valence-corrected chi connectivity index (χ1v) is 9.24. The zero-order valence-electron chi connectivity index (χ0n) is 13.8. The molecule has 2 fully saturated rings. The molecule has 6 nitrogen and oxygen atoms in total. The molecule has 1 atom stereocenters. The van der Waals surface area contributed by atoms with Crippen LogP contribution >= 0.6 is 11.3 Å². The Bertz CT molecular complexity index is 684. The van der Waals surface area contributed by atoms with Crippen molar-refractivity contribution in [3.05, 3.63) is 16.4 Å². The summed E-state index contributed by atoms with van der Waals surface area (Å²) in [4.78, 5) is 5.61. The van der Waals surface area contributed by atoms with Crippen molar-refractivity contribution in [3.63, 3.8) is 0 Å². The highest BCUT2D eigenvalue weighted by Crippen LogP contribution is 2.34. The molecule has 1 unspecified atom stereocenters. The average molecular weight is 336 g/mol. The van der Waals surface area contributed by atoms with Gasteiger partial charge in [-0.2, -0.15) is 5.10 Å². The van der Waals surface area contributed by atoms with Gasteiger partial charge in [0, 0.05) is 32.4 Å². The first-order chi connectivity index (χ1) is 11.2. The monoisotopic (exact) mass is 336 g/mol. The largest absolute Gasteiger partial charge is 0.381 e. The fraction of sp³-hybridized carbons (Fsp3) is 0.750. The zero-order valence-corrected chi connectivity index (χ0v) is 14.6. The van der Waals surface area contributed by atoms with Gasteiger partial charge in [0.2, 0.25) is 4.96 Å². The van der Waals surface area contributed by atoms with Crippen LogP contribution in [-0.4, -0.2) is 46.1 Å². The van der Waals surface area contributed by atoms with Crippen LogP contribution in [0.3, 0.4) is 0 Å². The fourth-order valence-corrected chi connectivity index (χ4v) is 4.53. The van der Waals surface area contributed by atoms with Gasteiger partial charge in [0.1, 0.15) is 5.01 Å². The van der Waals surface area contributed by atoms with Gasteiger partial charge >= 0.3 is 0 Å². The van der Waals surface area contributed by atoms with Gasteiger partial charge in [-0.1, -0.05) is 11.3 Å². The van der Waals surface area contributed by atoms with E-state index in [9.17, 15) is 0 Å². The van der Waals surface area contributed by atoms with Gasteiger partial charge in [-0.3, -0.25) is 0 Å². The van der Waals surface area contributed by atoms with Gasteiger partial charge in [0.25, 0.3) is 0 Å². The second-order valence-electron chi connectivity index (χ2n) is 6.67. The number of hydrogen-bond donors (Lipinski definition) is 1. The number of imidazole rings is 1. The molecule has 0 saturated carbocycles. The number of fused-ring (bicyclic) bond motifs is 1. The normalized spacial score (nSPS) is 24.5. The Morgan fingerprint density at radius 1 is 1.30 bits per heavy atom. The molecule has 7 heteroatoms. The van der Waals surface area contributed by atoms with Gasteiger partial charge in [0.15, 0.2) is 0 Å². The van der Waals surface area contributed by atoms with E-state index in [4.69, 9.17) is 9.47 Å². The Balaban J connectivity index is 1.44. The van der Waals surface area contributed by atoms with Crippen LogP contribution in [0.15, 0.2) is 0 Å². The molecule has 4 heterocycles. The number of rotatable bonds is 3. The predicted octanol–water partition coefficient (Wildman–Crippen LogP) is 2.23. The molecule has 4 rings (SSSR count). The van der Waals surface area contributed by atoms with Crippen LogP contribution in [0.5, 0.6) is 0 Å². The minimum absolute atomic E-state index is 0.0349. The molecule has 0 aromatic carbocycles. The van der Waals surface area contributed by atoms with Crippen molar-refractivity contribution in [2.75, 3.05) is 19.8 Å². The summed E-state index contributed by atoms with van der Waals surface area (Å²) >= 11 is 1.65. The summed E-state index contributed by atoms with van der Waals surface area (Å²) in [7, 11) is 0. The van der Waals surface area contributed by atoms with Crippen LogP contribution in [0.25, 0.3) is 4.96 Å². The summed E-state index contributed by atoms with van der Waals surface area (Å²) in [5, 5.41) is 9.35. The summed E-state index contributed by atoms with van der Waals surface area (Å²) < 4.78 is 13.6. The minimum Gasteiger partial charge on any atom is -0.381 e. The predicted molar refractivity (Wildman–Crippen MR) is 88.9 cm³/mol. The van der Waals surface area contributed by atoms with E-state index in [1.54, 1.807) is 11.3 Å². The molecule has 2 aliphatic rings. The smallest absolute Gasteiger partial charge is 0.212 e. The maximum atomic E-state index is 6.12. The van der Waals surface area contributed by atoms with Crippen molar-refractivity contribution in [2.24, 2.45) is 0 Å². The van der Waals surface area contributed by atoms with Crippen LogP contribution in [0.4, 0.5) is 0 Å². The van der Waals surface area contributed by atoms with Gasteiger partial charge in [0.05, 0.1) is 17.0 Å². The first-order valence-electron chi connectivity index (χ1n) is 8.42. The van der Waals surface area contributed by atoms with Crippen molar-refractivity contribution in [3.8, 4) is 0 Å². The summed E-state index contributed by atoms with van der Waals surface area (Å²) in [6.45, 7) is 7.40. The number of ether oxygens (including phenoxy) is 2. The molecule has 23 heavy (non-hydrogen) atoms. The SMILES string of the molecule is Cc1nn2c(CNC3CCOC4(CCOCC4)C3)c(C)nc2s1. The van der Waals surface area contributed by atoms with Crippen molar-refractivity contribution >= 4 is 16.3 Å². The molecular formula is C16H24N4O2S. The van der Waals surface area contributed by atoms with Gasteiger partial charge < -0.3 is 14.8 Å². The lowest BCUT2D eigenvalue weighted by atomic mass is 9.84. The Labute approximate surface area is 140 Å². The third-order valence-corrected chi connectivity index (χ3v) is 5.88. The van der Waals surface area contributed by atoms with Gasteiger partial charge in [-0.15, -0.1) is 0 Å². The Morgan fingerprint density at radius 3 is 2.96 bits per heavy atom. The quantitative estimate of drug-likeness (QED) is 0.931. The summed E-state index contributed by atoms with van der Waals surface area (Å²) in [6.07, 6.45) is 4.19. The van der Waals surface area contributed by atoms with Crippen molar-refractivity contribution < 1.29 is 9.47 Å². The average Bonchev–Trinajstić information content (AvgIpc) is 3.01. The van der Waals surface area contributed by atoms with Crippen LogP contribution in [-0.2, 0) is 16.0 Å². The lowest BCUT2D eigenvalue weighted by Crippen LogP contribution is -2.49. The molecule has 1 spiro atoms. The third-order valence-electron chi connectivity index (χ3n) is 5.05. The van der Waals surface area contributed by atoms with Gasteiger partial charge in [-0.25, -0.2) is 9.50 Å². The third kappa shape index (κ3) is 3.03. The number of aromatic nitrogens is 3. The van der Waals surface area contributed by atoms with E-state index >= 15 is 0 Å². The highest BCUT2D eigenvalue weighted by Gasteiger charge is 2.38. The fourth-order valence-electron chi connectivity index (χ4n) is 3.72. The van der Waals surface area contributed by atoms with Crippen LogP contribution in [0, 0.1) is 13.8 Å². The highest BCUT2D eigenvalue weighted by molar-refractivity contribution is 7.16. The summed E-state index contributed by atoms with van der Waals surface area (Å²) in [6, 6.07) is 0.492. The van der Waals surface area contributed by atoms with Crippen LogP contribution < -0.4 is 5.32 Å². The zero-order chi connectivity index (χ0) is 15.9. The van der Waals surface area contributed by atoms with E-state index < -0.39 is 0 Å². The van der Waals surface area contributed by atoms with E-state index in [1.165, 1.54) is 5.69 Å². The van der Waals surface area contributed by atoms with E-state index in [1.807, 2.05) is 11.4 Å². The maximum absolute atomic E-state index is 6.12. The second kappa shape index (κ2) is 6.12. The molecule has 0 radical (unpaired) electrons. The molecule has 2 aromatic rings. The topological polar surface area (TPSA) is 60.7 Å². The van der Waals surface area contributed by atoms with E-state index in [0.29, 0.717) is 6.04 Å². The van der Waals surface area contributed by atoms with E-state index in [-0.39, 0.29) is 5.60 Å². The Hall–Kier alpha value is -1.02. The van der Waals surface area contributed by atoms with Gasteiger partial charge in [-0.05, 0) is 39.5 Å². The maximum Gasteiger partial charge on any atom is 0.212 e. The lowest BCUT2D eigenvalue weighted by Gasteiger charge is -2.43. The second-order valence-corrected chi connectivity index (χ2v) is 7.83. The molecule has 2 aromatic heterocycles. The number of nitrogens with one attached hydrogen (secondary N) is 1. The molecular weight excluding hydrogens is 312 g/mol. The molecule has 0 amide bonds. The molecule has 1 N–H and O–H groups in total. The van der Waals surface area contributed by atoms with Crippen LogP contribution in [0.2, 0.25) is 0 Å². The highest BCUT2D eigenvalue weighted by atomic mass is 32.1. The number of nitrogens with zero attached hydrogens (tertiary/aromatic N) is 3. The number of hydrogen-bond acceptors (Lipinski definition) is 6. The Morgan fingerprint density at radius 2 is 2.13 bits per heavy atom. The van der Waals surface area contributed by atoms with E-state index in [0.717, 1.165) is 67.7 Å². The van der Waals surface area contributed by atoms with Crippen LogP contribution in [0.1, 0.15) is 42.1 Å². The molecule has 0 bridgehead atoms. The van der Waals surface area contributed by atoms with Crippen molar-refractivity contribution in [2.45, 2.75) is 57.7 Å². The minimum atomic E-state index is 0.0349. The standard InChI is InChI=1S/C16H24N4O2S/c1-11-14(20-15(18-11)23-12(2)19-20)10-17-13-3-6-22-16(9-13)4-7-21-8-5-16/h13,17H,3-10H2,1-2H3. The summed E-state index contributed by atoms with van der Waals surface area (Å²) in [5.41, 5.74) is 2.29. The molecule has 2 aliphatic heterocycles. The van der Waals surface area contributed by atoms with E-state index in [2.05, 4.69) is 22.3 Å². The summed E-state index contributed by atoms with van der Waals surface area (Å²) in [5.74, 6) is 0. The van der Waals surface area contributed by atoms with Crippen molar-refractivity contribution in [1.29, 1.82) is 0 Å². The molecule has 0 aliphatic carbocycles. The van der Waals surface area contributed by atoms with Crippen molar-refractivity contribution in [1.82, 2.24) is 19.9 Å². The molecule has 2 saturated heterocycles. The Kier molecular flexibility index (Phi) is 4.13.